The molecule has 9 heteroatoms. The third kappa shape index (κ3) is 2.20. The number of alkyl halides is 2. The number of nitrogens with zero attached hydrogens (tertiary/aromatic N) is 6. The average Bonchev–Trinajstić information content (AvgIpc) is 2.97. The fourth-order valence-corrected chi connectivity index (χ4v) is 3.02. The first-order chi connectivity index (χ1) is 11.5. The summed E-state index contributed by atoms with van der Waals surface area (Å²) in [5.74, 6) is -0.114. The molecule has 3 aromatic rings. The van der Waals surface area contributed by atoms with Gasteiger partial charge in [0.15, 0.2) is 5.82 Å². The van der Waals surface area contributed by atoms with Crippen molar-refractivity contribution < 1.29 is 13.9 Å². The molecule has 0 bridgehead atoms. The molecule has 4 rings (SSSR count). The normalized spacial score (nSPS) is 16.6. The number of aromatic nitrogens is 5. The summed E-state index contributed by atoms with van der Waals surface area (Å²) >= 11 is 0. The third-order valence-electron chi connectivity index (χ3n) is 4.19. The number of β-amino-alcohol motifs (C(OH)–C–C–N with tert-alkyl or cyclic N) is 1. The quantitative estimate of drug-likeness (QED) is 0.781. The number of fused-ring (bicyclic) bond motifs is 1. The van der Waals surface area contributed by atoms with Gasteiger partial charge in [0, 0.05) is 12.4 Å². The van der Waals surface area contributed by atoms with Crippen molar-refractivity contribution in [1.29, 1.82) is 0 Å². The van der Waals surface area contributed by atoms with Crippen molar-refractivity contribution in [2.24, 2.45) is 7.05 Å². The topological polar surface area (TPSA) is 80.0 Å². The Morgan fingerprint density at radius 3 is 2.62 bits per heavy atom. The molecule has 1 saturated heterocycles. The molecule has 0 unspecified atom stereocenters. The van der Waals surface area contributed by atoms with Gasteiger partial charge in [-0.05, 0) is 12.1 Å². The number of aliphatic hydroxyl groups is 1. The highest BCUT2D eigenvalue weighted by atomic mass is 19.3. The summed E-state index contributed by atoms with van der Waals surface area (Å²) in [7, 11) is 1.69. The molecule has 1 N–H and O–H groups in total. The van der Waals surface area contributed by atoms with E-state index in [0.717, 1.165) is 0 Å². The molecule has 1 fully saturated rings. The Balaban J connectivity index is 1.72. The van der Waals surface area contributed by atoms with Crippen LogP contribution in [0.5, 0.6) is 0 Å². The SMILES string of the molecule is Cn1nncc1C1(O)CN(c2nc(C(F)F)nc3ccccc23)C1. The molecular formula is C15H14F2N6O. The molecular weight excluding hydrogens is 318 g/mol. The van der Waals surface area contributed by atoms with Crippen molar-refractivity contribution in [2.75, 3.05) is 18.0 Å². The summed E-state index contributed by atoms with van der Waals surface area (Å²) in [6.07, 6.45) is -1.25. The number of anilines is 1. The molecule has 1 aliphatic rings. The third-order valence-corrected chi connectivity index (χ3v) is 4.19. The summed E-state index contributed by atoms with van der Waals surface area (Å²) < 4.78 is 27.7. The van der Waals surface area contributed by atoms with E-state index >= 15 is 0 Å². The van der Waals surface area contributed by atoms with Gasteiger partial charge in [-0.1, -0.05) is 17.3 Å². The minimum atomic E-state index is -2.75. The zero-order valence-electron chi connectivity index (χ0n) is 12.8. The van der Waals surface area contributed by atoms with Crippen molar-refractivity contribution in [3.63, 3.8) is 0 Å². The molecule has 2 aromatic heterocycles. The zero-order valence-corrected chi connectivity index (χ0v) is 12.8. The Hall–Kier alpha value is -2.68. The minimum absolute atomic E-state index is 0.220. The van der Waals surface area contributed by atoms with Gasteiger partial charge in [0.25, 0.3) is 6.43 Å². The van der Waals surface area contributed by atoms with E-state index < -0.39 is 17.9 Å². The standard InChI is InChI=1S/C15H14F2N6O/c1-22-11(6-18-21-22)15(24)7-23(8-15)14-9-4-2-3-5-10(9)19-13(20-14)12(16)17/h2-6,12,24H,7-8H2,1H3. The highest BCUT2D eigenvalue weighted by Gasteiger charge is 2.46. The Morgan fingerprint density at radius 2 is 1.96 bits per heavy atom. The highest BCUT2D eigenvalue weighted by Crippen LogP contribution is 2.37. The fraction of sp³-hybridized carbons (Fsp3) is 0.333. The lowest BCUT2D eigenvalue weighted by Gasteiger charge is -2.46. The van der Waals surface area contributed by atoms with E-state index in [1.807, 2.05) is 0 Å². The first kappa shape index (κ1) is 14.9. The molecule has 0 saturated carbocycles. The zero-order chi connectivity index (χ0) is 16.9. The molecule has 7 nitrogen and oxygen atoms in total. The Kier molecular flexibility index (Phi) is 3.20. The van der Waals surface area contributed by atoms with Gasteiger partial charge in [-0.2, -0.15) is 0 Å². The first-order valence-electron chi connectivity index (χ1n) is 7.35. The second-order valence-corrected chi connectivity index (χ2v) is 5.85. The van der Waals surface area contributed by atoms with Crippen LogP contribution >= 0.6 is 0 Å². The predicted octanol–water partition coefficient (Wildman–Crippen LogP) is 1.40. The second-order valence-electron chi connectivity index (χ2n) is 5.85. The predicted molar refractivity (Wildman–Crippen MR) is 81.6 cm³/mol. The van der Waals surface area contributed by atoms with Crippen LogP contribution in [0.15, 0.2) is 30.5 Å². The summed E-state index contributed by atoms with van der Waals surface area (Å²) in [5.41, 5.74) is -0.100. The molecule has 3 heterocycles. The molecule has 124 valence electrons. The van der Waals surface area contributed by atoms with E-state index in [1.165, 1.54) is 10.9 Å². The number of benzene rings is 1. The van der Waals surface area contributed by atoms with E-state index in [1.54, 1.807) is 36.2 Å². The van der Waals surface area contributed by atoms with E-state index in [0.29, 0.717) is 22.4 Å². The maximum atomic E-state index is 13.1. The number of para-hydroxylation sites is 1. The van der Waals surface area contributed by atoms with Crippen LogP contribution in [0, 0.1) is 0 Å². The maximum absolute atomic E-state index is 13.1. The van der Waals surface area contributed by atoms with Gasteiger partial charge in [0.2, 0.25) is 0 Å². The van der Waals surface area contributed by atoms with Crippen LogP contribution in [0.4, 0.5) is 14.6 Å². The van der Waals surface area contributed by atoms with Gasteiger partial charge in [0.1, 0.15) is 11.4 Å². The maximum Gasteiger partial charge on any atom is 0.297 e. The fourth-order valence-electron chi connectivity index (χ4n) is 3.02. The van der Waals surface area contributed by atoms with E-state index in [4.69, 9.17) is 0 Å². The monoisotopic (exact) mass is 332 g/mol. The number of aryl methyl sites for hydroxylation is 1. The summed E-state index contributed by atoms with van der Waals surface area (Å²) in [6.45, 7) is 0.440. The second kappa shape index (κ2) is 5.17. The summed E-state index contributed by atoms with van der Waals surface area (Å²) in [6, 6.07) is 6.99. The van der Waals surface area contributed by atoms with Gasteiger partial charge in [-0.3, -0.25) is 0 Å². The van der Waals surface area contributed by atoms with Gasteiger partial charge in [0.05, 0.1) is 30.5 Å². The van der Waals surface area contributed by atoms with Crippen molar-refractivity contribution in [2.45, 2.75) is 12.0 Å². The number of hydrogen-bond acceptors (Lipinski definition) is 6. The minimum Gasteiger partial charge on any atom is -0.380 e. The lowest BCUT2D eigenvalue weighted by atomic mass is 9.90. The summed E-state index contributed by atoms with van der Waals surface area (Å²) in [4.78, 5) is 9.66. The lowest BCUT2D eigenvalue weighted by molar-refractivity contribution is -0.000409. The Bertz CT molecular complexity index is 906. The molecule has 1 aliphatic heterocycles. The molecule has 24 heavy (non-hydrogen) atoms. The lowest BCUT2D eigenvalue weighted by Crippen LogP contribution is -2.60. The van der Waals surface area contributed by atoms with E-state index in [-0.39, 0.29) is 13.1 Å². The van der Waals surface area contributed by atoms with Crippen LogP contribution in [0.1, 0.15) is 17.9 Å². The number of rotatable bonds is 3. The van der Waals surface area contributed by atoms with Crippen molar-refractivity contribution >= 4 is 16.7 Å². The van der Waals surface area contributed by atoms with Crippen LogP contribution in [0.25, 0.3) is 10.9 Å². The first-order valence-corrected chi connectivity index (χ1v) is 7.35. The Morgan fingerprint density at radius 1 is 1.21 bits per heavy atom. The number of hydrogen-bond donors (Lipinski definition) is 1. The van der Waals surface area contributed by atoms with Crippen LogP contribution in [-0.4, -0.2) is 43.2 Å². The smallest absolute Gasteiger partial charge is 0.297 e. The van der Waals surface area contributed by atoms with E-state index in [9.17, 15) is 13.9 Å². The molecule has 0 amide bonds. The van der Waals surface area contributed by atoms with Gasteiger partial charge >= 0.3 is 0 Å². The molecule has 1 aromatic carbocycles. The summed E-state index contributed by atoms with van der Waals surface area (Å²) in [5, 5.41) is 19.0. The number of halogens is 2. The molecule has 0 aliphatic carbocycles. The average molecular weight is 332 g/mol. The molecule has 0 spiro atoms. The van der Waals surface area contributed by atoms with Crippen LogP contribution in [0.3, 0.4) is 0 Å². The largest absolute Gasteiger partial charge is 0.380 e. The van der Waals surface area contributed by atoms with Gasteiger partial charge in [-0.25, -0.2) is 23.4 Å². The van der Waals surface area contributed by atoms with Crippen LogP contribution in [-0.2, 0) is 12.6 Å². The molecule has 0 atom stereocenters. The van der Waals surface area contributed by atoms with Gasteiger partial charge < -0.3 is 10.0 Å². The van der Waals surface area contributed by atoms with Crippen molar-refractivity contribution in [3.8, 4) is 0 Å². The molecule has 0 radical (unpaired) electrons. The van der Waals surface area contributed by atoms with Gasteiger partial charge in [-0.15, -0.1) is 5.10 Å². The van der Waals surface area contributed by atoms with E-state index in [2.05, 4.69) is 20.3 Å². The van der Waals surface area contributed by atoms with Crippen LogP contribution in [0.2, 0.25) is 0 Å². The highest BCUT2D eigenvalue weighted by molar-refractivity contribution is 5.90. The van der Waals surface area contributed by atoms with Crippen molar-refractivity contribution in [1.82, 2.24) is 25.0 Å². The van der Waals surface area contributed by atoms with Crippen LogP contribution < -0.4 is 4.90 Å². The Labute approximate surface area is 135 Å². The van der Waals surface area contributed by atoms with Crippen molar-refractivity contribution in [3.05, 3.63) is 42.0 Å².